The van der Waals surface area contributed by atoms with Crippen LogP contribution in [0.1, 0.15) is 10.4 Å². The van der Waals surface area contributed by atoms with Crippen molar-refractivity contribution in [3.8, 4) is 5.75 Å². The minimum absolute atomic E-state index is 0.134. The molecule has 3 N–H and O–H groups in total. The molecule has 15 heteroatoms. The van der Waals surface area contributed by atoms with E-state index in [0.717, 1.165) is 24.3 Å². The first-order valence-corrected chi connectivity index (χ1v) is 8.58. The summed E-state index contributed by atoms with van der Waals surface area (Å²) in [6, 6.07) is 3.89. The molecule has 0 aliphatic carbocycles. The second-order valence-electron chi connectivity index (χ2n) is 5.58. The van der Waals surface area contributed by atoms with E-state index < -0.39 is 57.5 Å². The van der Waals surface area contributed by atoms with Crippen LogP contribution in [0.25, 0.3) is 0 Å². The van der Waals surface area contributed by atoms with Gasteiger partial charge in [-0.15, -0.1) is 0 Å². The Kier molecular flexibility index (Phi) is 9.09. The lowest BCUT2D eigenvalue weighted by atomic mass is 10.2. The van der Waals surface area contributed by atoms with E-state index in [1.54, 1.807) is 0 Å². The predicted octanol–water partition coefficient (Wildman–Crippen LogP) is 6.13. The molecule has 0 aliphatic heterocycles. The fourth-order valence-electron chi connectivity index (χ4n) is 1.87. The monoisotopic (exact) mass is 512 g/mol. The van der Waals surface area contributed by atoms with Gasteiger partial charge in [0.2, 0.25) is 0 Å². The largest absolute Gasteiger partial charge is 0.439 e. The Hall–Kier alpha value is -2.80. The maximum atomic E-state index is 13.1. The van der Waals surface area contributed by atoms with E-state index in [1.807, 2.05) is 5.32 Å². The zero-order valence-corrected chi connectivity index (χ0v) is 16.6. The first-order valence-electron chi connectivity index (χ1n) is 7.82. The van der Waals surface area contributed by atoms with Crippen LogP contribution >= 0.6 is 23.2 Å². The molecule has 5 nitrogen and oxygen atoms in total. The molecule has 0 bridgehead atoms. The molecule has 176 valence electrons. The summed E-state index contributed by atoms with van der Waals surface area (Å²) in [5.41, 5.74) is 4.14. The Morgan fingerprint density at radius 2 is 1.53 bits per heavy atom. The molecule has 0 fully saturated rings. The Morgan fingerprint density at radius 1 is 1.06 bits per heavy atom. The van der Waals surface area contributed by atoms with E-state index in [-0.39, 0.29) is 12.0 Å². The molecule has 0 aromatic heterocycles. The van der Waals surface area contributed by atoms with E-state index in [1.165, 1.54) is 6.07 Å². The topological polar surface area (TPSA) is 81.4 Å². The summed E-state index contributed by atoms with van der Waals surface area (Å²) < 4.78 is 103. The average molecular weight is 513 g/mol. The van der Waals surface area contributed by atoms with Crippen molar-refractivity contribution in [1.29, 1.82) is 0 Å². The number of rotatable bonds is 5. The summed E-state index contributed by atoms with van der Waals surface area (Å²) in [7, 11) is 0. The summed E-state index contributed by atoms with van der Waals surface area (Å²) in [5.74, 6) is -2.74. The lowest BCUT2D eigenvalue weighted by Crippen LogP contribution is -2.45. The number of carbonyl (C=O) groups is 2. The smallest absolute Gasteiger partial charge is 0.427 e. The van der Waals surface area contributed by atoms with Crippen molar-refractivity contribution in [2.24, 2.45) is 5.73 Å². The first-order chi connectivity index (χ1) is 14.6. The number of alkyl halides is 6. The van der Waals surface area contributed by atoms with Gasteiger partial charge in [0.05, 0.1) is 15.6 Å². The minimum atomic E-state index is -5.85. The number of nitrogens with one attached hydrogen (secondary N) is 1. The summed E-state index contributed by atoms with van der Waals surface area (Å²) in [5, 5.41) is 0.617. The number of primary amides is 1. The lowest BCUT2D eigenvalue weighted by Gasteiger charge is -2.24. The molecule has 0 aliphatic rings. The minimum Gasteiger partial charge on any atom is -0.427 e. The number of urea groups is 1. The van der Waals surface area contributed by atoms with Crippen molar-refractivity contribution in [2.75, 3.05) is 5.32 Å². The van der Waals surface area contributed by atoms with Crippen LogP contribution < -0.4 is 15.8 Å². The van der Waals surface area contributed by atoms with E-state index in [9.17, 15) is 44.7 Å². The van der Waals surface area contributed by atoms with E-state index in [2.05, 4.69) is 4.74 Å². The molecule has 32 heavy (non-hydrogen) atoms. The van der Waals surface area contributed by atoms with Crippen LogP contribution in [0.2, 0.25) is 10.0 Å². The standard InChI is InChI=1S/C10H6Cl2F6N2O2.C7H4F2O/c11-4-1-3(20-8(19)21)2-5(12)6(4)22-10(17,18)7(13)9(14,15)16;8-6-2-1-3-7(9)5(6)4-10/h1-2,7H,(H3,19,20,21);1-4H. The highest BCUT2D eigenvalue weighted by molar-refractivity contribution is 6.37. The highest BCUT2D eigenvalue weighted by Gasteiger charge is 2.59. The summed E-state index contributed by atoms with van der Waals surface area (Å²) in [6.07, 6.45) is -15.5. The maximum absolute atomic E-state index is 13.1. The van der Waals surface area contributed by atoms with Gasteiger partial charge in [0, 0.05) is 5.69 Å². The van der Waals surface area contributed by atoms with Gasteiger partial charge in [-0.2, -0.15) is 22.0 Å². The number of hydrogen-bond donors (Lipinski definition) is 2. The SMILES string of the molecule is NC(=O)Nc1cc(Cl)c(OC(F)(F)C(F)C(F)(F)F)c(Cl)c1.O=Cc1c(F)cccc1F. The number of amides is 2. The molecule has 0 heterocycles. The van der Waals surface area contributed by atoms with Crippen molar-refractivity contribution in [2.45, 2.75) is 18.5 Å². The number of ether oxygens (including phenoxy) is 1. The zero-order chi connectivity index (χ0) is 24.9. The third-order valence-corrected chi connectivity index (χ3v) is 3.77. The Balaban J connectivity index is 0.000000425. The van der Waals surface area contributed by atoms with Crippen molar-refractivity contribution >= 4 is 41.2 Å². The van der Waals surface area contributed by atoms with E-state index >= 15 is 0 Å². The molecule has 2 aromatic carbocycles. The fraction of sp³-hybridized carbons (Fsp3) is 0.176. The number of anilines is 1. The van der Waals surface area contributed by atoms with Gasteiger partial charge in [-0.25, -0.2) is 18.0 Å². The number of hydrogen-bond acceptors (Lipinski definition) is 3. The van der Waals surface area contributed by atoms with Gasteiger partial charge in [0.1, 0.15) is 11.6 Å². The normalized spacial score (nSPS) is 12.3. The lowest BCUT2D eigenvalue weighted by molar-refractivity contribution is -0.304. The van der Waals surface area contributed by atoms with Gasteiger partial charge in [0.25, 0.3) is 6.17 Å². The van der Waals surface area contributed by atoms with Crippen LogP contribution in [0.5, 0.6) is 5.75 Å². The number of nitrogens with two attached hydrogens (primary N) is 1. The second kappa shape index (κ2) is 10.7. The molecule has 1 unspecified atom stereocenters. The van der Waals surface area contributed by atoms with Crippen LogP contribution in [0, 0.1) is 11.6 Å². The van der Waals surface area contributed by atoms with Crippen LogP contribution in [0.3, 0.4) is 0 Å². The molecular weight excluding hydrogens is 503 g/mol. The molecule has 0 saturated carbocycles. The zero-order valence-electron chi connectivity index (χ0n) is 15.1. The van der Waals surface area contributed by atoms with Crippen LogP contribution in [0.15, 0.2) is 30.3 Å². The first kappa shape index (κ1) is 27.2. The van der Waals surface area contributed by atoms with Crippen molar-refractivity contribution in [3.63, 3.8) is 0 Å². The van der Waals surface area contributed by atoms with Gasteiger partial charge < -0.3 is 15.8 Å². The molecule has 2 amide bonds. The molecule has 2 aromatic rings. The highest BCUT2D eigenvalue weighted by Crippen LogP contribution is 2.42. The Morgan fingerprint density at radius 3 is 1.88 bits per heavy atom. The van der Waals surface area contributed by atoms with Crippen molar-refractivity contribution < 1.29 is 49.4 Å². The molecular formula is C17H10Cl2F8N2O3. The molecule has 2 rings (SSSR count). The quantitative estimate of drug-likeness (QED) is 0.373. The summed E-state index contributed by atoms with van der Waals surface area (Å²) >= 11 is 11.0. The van der Waals surface area contributed by atoms with Crippen LogP contribution in [0.4, 0.5) is 45.6 Å². The molecule has 0 radical (unpaired) electrons. The van der Waals surface area contributed by atoms with Gasteiger partial charge in [-0.1, -0.05) is 29.3 Å². The van der Waals surface area contributed by atoms with Gasteiger partial charge in [-0.05, 0) is 24.3 Å². The highest BCUT2D eigenvalue weighted by atomic mass is 35.5. The molecule has 0 saturated heterocycles. The number of carbonyl (C=O) groups excluding carboxylic acids is 2. The molecule has 0 spiro atoms. The Bertz CT molecular complexity index is 945. The third kappa shape index (κ3) is 7.41. The van der Waals surface area contributed by atoms with E-state index in [0.29, 0.717) is 0 Å². The van der Waals surface area contributed by atoms with Gasteiger partial charge in [-0.3, -0.25) is 4.79 Å². The van der Waals surface area contributed by atoms with E-state index in [4.69, 9.17) is 28.9 Å². The average Bonchev–Trinajstić information content (AvgIpc) is 2.63. The fourth-order valence-corrected chi connectivity index (χ4v) is 2.44. The van der Waals surface area contributed by atoms with Gasteiger partial charge in [0.15, 0.2) is 12.0 Å². The Labute approximate surface area is 184 Å². The van der Waals surface area contributed by atoms with Crippen LogP contribution in [-0.4, -0.2) is 30.8 Å². The predicted molar refractivity (Wildman–Crippen MR) is 97.9 cm³/mol. The van der Waals surface area contributed by atoms with Crippen molar-refractivity contribution in [1.82, 2.24) is 0 Å². The number of halogens is 10. The van der Waals surface area contributed by atoms with Crippen molar-refractivity contribution in [3.05, 3.63) is 57.6 Å². The number of benzene rings is 2. The second-order valence-corrected chi connectivity index (χ2v) is 6.39. The summed E-state index contributed by atoms with van der Waals surface area (Å²) in [4.78, 5) is 20.6. The summed E-state index contributed by atoms with van der Waals surface area (Å²) in [6.45, 7) is 0. The van der Waals surface area contributed by atoms with Crippen LogP contribution in [-0.2, 0) is 0 Å². The number of aldehydes is 1. The van der Waals surface area contributed by atoms with Gasteiger partial charge >= 0.3 is 18.3 Å². The maximum Gasteiger partial charge on any atom is 0.439 e. The molecule has 1 atom stereocenters. The third-order valence-electron chi connectivity index (χ3n) is 3.20.